The molecular formula is C25H20ClF2N5O2S. The van der Waals surface area contributed by atoms with Crippen LogP contribution in [0.5, 0.6) is 0 Å². The van der Waals surface area contributed by atoms with Crippen LogP contribution in [0.4, 0.5) is 14.5 Å². The monoisotopic (exact) mass is 527 g/mol. The summed E-state index contributed by atoms with van der Waals surface area (Å²) >= 11 is 7.14. The maximum Gasteiger partial charge on any atom is 0.256 e. The molecule has 11 heteroatoms. The number of carbonyl (C=O) groups is 2. The molecule has 2 N–H and O–H groups in total. The summed E-state index contributed by atoms with van der Waals surface area (Å²) in [6.07, 6.45) is 0. The second kappa shape index (κ2) is 11.3. The van der Waals surface area contributed by atoms with Gasteiger partial charge in [-0.1, -0.05) is 41.6 Å². The second-order valence-electron chi connectivity index (χ2n) is 7.70. The molecule has 0 aliphatic carbocycles. The lowest BCUT2D eigenvalue weighted by Gasteiger charge is -2.12. The molecule has 4 aromatic rings. The highest BCUT2D eigenvalue weighted by atomic mass is 35.5. The molecule has 0 aliphatic rings. The standard InChI is InChI=1S/C25H20ClF2N5O2S/c1-15-4-2-5-18(12-15)33-21(13-29-24(35)23-19(26)6-3-7-20(23)28)31-32-25(33)36-14-22(34)30-17-10-8-16(27)9-11-17/h2-12H,13-14H2,1H3,(H,29,35)(H,30,34). The third-order valence-corrected chi connectivity index (χ3v) is 6.26. The Kier molecular flexibility index (Phi) is 7.97. The van der Waals surface area contributed by atoms with Gasteiger partial charge in [0, 0.05) is 11.4 Å². The lowest BCUT2D eigenvalue weighted by molar-refractivity contribution is -0.113. The predicted octanol–water partition coefficient (Wildman–Crippen LogP) is 5.17. The van der Waals surface area contributed by atoms with Crippen LogP contribution in [0.15, 0.2) is 71.9 Å². The first-order valence-electron chi connectivity index (χ1n) is 10.7. The minimum atomic E-state index is -0.733. The summed E-state index contributed by atoms with van der Waals surface area (Å²) in [7, 11) is 0. The first-order valence-corrected chi connectivity index (χ1v) is 12.1. The number of amides is 2. The van der Waals surface area contributed by atoms with Crippen LogP contribution in [0.3, 0.4) is 0 Å². The van der Waals surface area contributed by atoms with Crippen molar-refractivity contribution in [3.05, 3.63) is 100 Å². The zero-order valence-corrected chi connectivity index (χ0v) is 20.5. The number of aryl methyl sites for hydroxylation is 1. The SMILES string of the molecule is Cc1cccc(-n2c(CNC(=O)c3c(F)cccc3Cl)nnc2SCC(=O)Nc2ccc(F)cc2)c1. The van der Waals surface area contributed by atoms with Gasteiger partial charge in [-0.3, -0.25) is 14.2 Å². The Morgan fingerprint density at radius 2 is 1.78 bits per heavy atom. The highest BCUT2D eigenvalue weighted by Crippen LogP contribution is 2.24. The molecule has 0 atom stereocenters. The number of nitrogens with zero attached hydrogens (tertiary/aromatic N) is 3. The minimum Gasteiger partial charge on any atom is -0.345 e. The molecule has 2 amide bonds. The number of nitrogens with one attached hydrogen (secondary N) is 2. The van der Waals surface area contributed by atoms with Crippen molar-refractivity contribution in [2.45, 2.75) is 18.6 Å². The fraction of sp³-hybridized carbons (Fsp3) is 0.120. The van der Waals surface area contributed by atoms with Crippen molar-refractivity contribution in [2.24, 2.45) is 0 Å². The van der Waals surface area contributed by atoms with E-state index in [1.807, 2.05) is 31.2 Å². The minimum absolute atomic E-state index is 0.00365. The molecule has 0 unspecified atom stereocenters. The fourth-order valence-electron chi connectivity index (χ4n) is 3.36. The van der Waals surface area contributed by atoms with Gasteiger partial charge >= 0.3 is 0 Å². The molecule has 0 fully saturated rings. The van der Waals surface area contributed by atoms with Crippen LogP contribution in [0, 0.1) is 18.6 Å². The Morgan fingerprint density at radius 3 is 2.50 bits per heavy atom. The Labute approximate surface area is 214 Å². The maximum absolute atomic E-state index is 14.1. The molecule has 1 heterocycles. The van der Waals surface area contributed by atoms with Crippen LogP contribution in [0.25, 0.3) is 5.69 Å². The number of aromatic nitrogens is 3. The molecule has 36 heavy (non-hydrogen) atoms. The molecule has 0 saturated carbocycles. The van der Waals surface area contributed by atoms with E-state index in [2.05, 4.69) is 20.8 Å². The van der Waals surface area contributed by atoms with Crippen LogP contribution in [0.2, 0.25) is 5.02 Å². The van der Waals surface area contributed by atoms with E-state index in [1.165, 1.54) is 36.4 Å². The first kappa shape index (κ1) is 25.3. The van der Waals surface area contributed by atoms with Crippen LogP contribution in [-0.4, -0.2) is 32.3 Å². The Morgan fingerprint density at radius 1 is 1.03 bits per heavy atom. The zero-order chi connectivity index (χ0) is 25.7. The van der Waals surface area contributed by atoms with E-state index < -0.39 is 17.5 Å². The molecule has 0 spiro atoms. The molecule has 0 aliphatic heterocycles. The molecule has 0 bridgehead atoms. The van der Waals surface area contributed by atoms with E-state index in [4.69, 9.17) is 11.6 Å². The Hall–Kier alpha value is -3.76. The van der Waals surface area contributed by atoms with Gasteiger partial charge in [0.1, 0.15) is 11.6 Å². The van der Waals surface area contributed by atoms with Gasteiger partial charge < -0.3 is 10.6 Å². The van der Waals surface area contributed by atoms with Crippen molar-refractivity contribution in [2.75, 3.05) is 11.1 Å². The van der Waals surface area contributed by atoms with Crippen molar-refractivity contribution in [1.82, 2.24) is 20.1 Å². The van der Waals surface area contributed by atoms with E-state index in [9.17, 15) is 18.4 Å². The smallest absolute Gasteiger partial charge is 0.256 e. The van der Waals surface area contributed by atoms with Crippen LogP contribution in [-0.2, 0) is 11.3 Å². The summed E-state index contributed by atoms with van der Waals surface area (Å²) in [6.45, 7) is 1.87. The van der Waals surface area contributed by atoms with Gasteiger partial charge in [0.2, 0.25) is 5.91 Å². The van der Waals surface area contributed by atoms with E-state index in [-0.39, 0.29) is 28.8 Å². The van der Waals surface area contributed by atoms with Gasteiger partial charge in [-0.2, -0.15) is 0 Å². The molecule has 0 radical (unpaired) electrons. The largest absolute Gasteiger partial charge is 0.345 e. The Bertz CT molecular complexity index is 1390. The normalized spacial score (nSPS) is 10.8. The summed E-state index contributed by atoms with van der Waals surface area (Å²) in [5, 5.41) is 14.1. The van der Waals surface area contributed by atoms with Crippen molar-refractivity contribution in [3.8, 4) is 5.69 Å². The number of carbonyl (C=O) groups excluding carboxylic acids is 2. The highest BCUT2D eigenvalue weighted by molar-refractivity contribution is 7.99. The first-order chi connectivity index (χ1) is 17.3. The van der Waals surface area contributed by atoms with E-state index in [1.54, 1.807) is 4.57 Å². The molecular weight excluding hydrogens is 508 g/mol. The number of benzene rings is 3. The number of rotatable bonds is 8. The molecule has 0 saturated heterocycles. The molecule has 1 aromatic heterocycles. The fourth-order valence-corrected chi connectivity index (χ4v) is 4.38. The predicted molar refractivity (Wildman–Crippen MR) is 134 cm³/mol. The zero-order valence-electron chi connectivity index (χ0n) is 19.0. The molecule has 7 nitrogen and oxygen atoms in total. The maximum atomic E-state index is 14.1. The molecule has 3 aromatic carbocycles. The molecule has 4 rings (SSSR count). The number of hydrogen-bond donors (Lipinski definition) is 2. The summed E-state index contributed by atoms with van der Waals surface area (Å²) in [6, 6.07) is 17.0. The van der Waals surface area contributed by atoms with Crippen LogP contribution in [0.1, 0.15) is 21.7 Å². The topological polar surface area (TPSA) is 88.9 Å². The number of halogens is 3. The summed E-state index contributed by atoms with van der Waals surface area (Å²) in [5.41, 5.74) is 1.93. The quantitative estimate of drug-likeness (QED) is 0.309. The van der Waals surface area contributed by atoms with Gasteiger partial charge in [0.25, 0.3) is 5.91 Å². The summed E-state index contributed by atoms with van der Waals surface area (Å²) in [5.74, 6) is -1.74. The van der Waals surface area contributed by atoms with Gasteiger partial charge in [-0.05, 0) is 61.0 Å². The highest BCUT2D eigenvalue weighted by Gasteiger charge is 2.19. The van der Waals surface area contributed by atoms with Crippen molar-refractivity contribution in [1.29, 1.82) is 0 Å². The summed E-state index contributed by atoms with van der Waals surface area (Å²) < 4.78 is 28.9. The van der Waals surface area contributed by atoms with Crippen LogP contribution >= 0.6 is 23.4 Å². The van der Waals surface area contributed by atoms with Gasteiger partial charge in [0.15, 0.2) is 11.0 Å². The third kappa shape index (κ3) is 6.07. The van der Waals surface area contributed by atoms with Gasteiger partial charge in [-0.25, -0.2) is 8.78 Å². The lowest BCUT2D eigenvalue weighted by Crippen LogP contribution is -2.26. The van der Waals surface area contributed by atoms with E-state index in [0.717, 1.165) is 29.1 Å². The number of hydrogen-bond acceptors (Lipinski definition) is 5. The average molecular weight is 528 g/mol. The Balaban J connectivity index is 1.52. The van der Waals surface area contributed by atoms with Crippen LogP contribution < -0.4 is 10.6 Å². The summed E-state index contributed by atoms with van der Waals surface area (Å²) in [4.78, 5) is 25.0. The van der Waals surface area contributed by atoms with Gasteiger partial charge in [0.05, 0.1) is 22.9 Å². The average Bonchev–Trinajstić information content (AvgIpc) is 3.25. The molecule has 184 valence electrons. The van der Waals surface area contributed by atoms with E-state index in [0.29, 0.717) is 16.7 Å². The van der Waals surface area contributed by atoms with Crippen molar-refractivity contribution >= 4 is 40.9 Å². The van der Waals surface area contributed by atoms with Gasteiger partial charge in [-0.15, -0.1) is 10.2 Å². The number of anilines is 1. The van der Waals surface area contributed by atoms with Crippen molar-refractivity contribution in [3.63, 3.8) is 0 Å². The van der Waals surface area contributed by atoms with E-state index >= 15 is 0 Å². The number of thioether (sulfide) groups is 1. The lowest BCUT2D eigenvalue weighted by atomic mass is 10.2. The third-order valence-electron chi connectivity index (χ3n) is 5.02. The van der Waals surface area contributed by atoms with Crippen molar-refractivity contribution < 1.29 is 18.4 Å². The second-order valence-corrected chi connectivity index (χ2v) is 9.05.